The van der Waals surface area contributed by atoms with Crippen LogP contribution in [-0.2, 0) is 10.0 Å². The predicted octanol–water partition coefficient (Wildman–Crippen LogP) is 2.74. The van der Waals surface area contributed by atoms with Crippen molar-refractivity contribution in [2.75, 3.05) is 10.5 Å². The van der Waals surface area contributed by atoms with Crippen molar-refractivity contribution in [1.82, 2.24) is 0 Å². The minimum Gasteiger partial charge on any atom is -0.393 e. The molecule has 3 N–H and O–H groups in total. The van der Waals surface area contributed by atoms with Crippen LogP contribution in [0.25, 0.3) is 0 Å². The molecule has 0 unspecified atom stereocenters. The van der Waals surface area contributed by atoms with Crippen molar-refractivity contribution in [3.05, 3.63) is 57.1 Å². The van der Waals surface area contributed by atoms with Gasteiger partial charge in [0.05, 0.1) is 4.92 Å². The summed E-state index contributed by atoms with van der Waals surface area (Å²) in [7, 11) is -4.12. The van der Waals surface area contributed by atoms with Crippen molar-refractivity contribution in [2.24, 2.45) is 0 Å². The fraction of sp³-hybridized carbons (Fsp3) is 0. The molecule has 9 heteroatoms. The Morgan fingerprint density at radius 1 is 1.19 bits per heavy atom. The average molecular weight is 372 g/mol. The zero-order valence-electron chi connectivity index (χ0n) is 10.5. The number of rotatable bonds is 4. The van der Waals surface area contributed by atoms with Gasteiger partial charge in [0.2, 0.25) is 0 Å². The molecule has 0 atom stereocenters. The van der Waals surface area contributed by atoms with E-state index >= 15 is 0 Å². The second-order valence-corrected chi connectivity index (χ2v) is 6.63. The maximum absolute atomic E-state index is 12.3. The van der Waals surface area contributed by atoms with E-state index in [4.69, 9.17) is 5.73 Å². The molecule has 0 aliphatic carbocycles. The van der Waals surface area contributed by atoms with E-state index in [1.54, 1.807) is 12.1 Å². The molecule has 0 bridgehead atoms. The van der Waals surface area contributed by atoms with Crippen LogP contribution in [0.3, 0.4) is 0 Å². The number of nitrogens with zero attached hydrogens (tertiary/aromatic N) is 1. The molecule has 0 saturated carbocycles. The number of halogens is 1. The number of nitro benzene ring substituents is 1. The maximum atomic E-state index is 12.3. The van der Waals surface area contributed by atoms with Crippen molar-refractivity contribution >= 4 is 43.0 Å². The monoisotopic (exact) mass is 371 g/mol. The topological polar surface area (TPSA) is 115 Å². The van der Waals surface area contributed by atoms with Crippen molar-refractivity contribution < 1.29 is 13.3 Å². The Kier molecular flexibility index (Phi) is 4.14. The lowest BCUT2D eigenvalue weighted by molar-refractivity contribution is -0.386. The van der Waals surface area contributed by atoms with Crippen LogP contribution in [0.1, 0.15) is 0 Å². The van der Waals surface area contributed by atoms with E-state index in [0.717, 1.165) is 6.07 Å². The van der Waals surface area contributed by atoms with Crippen molar-refractivity contribution in [3.63, 3.8) is 0 Å². The third-order valence-electron chi connectivity index (χ3n) is 2.58. The SMILES string of the molecule is Nc1cccc(S(=O)(=O)Nc2cccc(Br)c2)c1[N+](=O)[O-]. The second kappa shape index (κ2) is 5.70. The molecule has 2 aromatic carbocycles. The van der Waals surface area contributed by atoms with E-state index in [1.165, 1.54) is 24.3 Å². The van der Waals surface area contributed by atoms with Crippen LogP contribution >= 0.6 is 15.9 Å². The van der Waals surface area contributed by atoms with Gasteiger partial charge in [-0.05, 0) is 30.3 Å². The van der Waals surface area contributed by atoms with Gasteiger partial charge in [0, 0.05) is 10.2 Å². The molecule has 0 amide bonds. The van der Waals surface area contributed by atoms with Crippen molar-refractivity contribution in [2.45, 2.75) is 4.90 Å². The van der Waals surface area contributed by atoms with E-state index in [-0.39, 0.29) is 11.4 Å². The quantitative estimate of drug-likeness (QED) is 0.486. The molecule has 110 valence electrons. The van der Waals surface area contributed by atoms with E-state index in [0.29, 0.717) is 4.47 Å². The number of anilines is 2. The number of benzene rings is 2. The van der Waals surface area contributed by atoms with Crippen molar-refractivity contribution in [3.8, 4) is 0 Å². The van der Waals surface area contributed by atoms with Crippen LogP contribution in [-0.4, -0.2) is 13.3 Å². The standard InChI is InChI=1S/C12H10BrN3O4S/c13-8-3-1-4-9(7-8)15-21(19,20)11-6-2-5-10(14)12(11)16(17)18/h1-7,15H,14H2. The van der Waals surface area contributed by atoms with E-state index < -0.39 is 25.5 Å². The third kappa shape index (κ3) is 3.31. The average Bonchev–Trinajstić information content (AvgIpc) is 2.37. The van der Waals surface area contributed by atoms with Crippen molar-refractivity contribution in [1.29, 1.82) is 0 Å². The zero-order valence-corrected chi connectivity index (χ0v) is 12.9. The van der Waals surface area contributed by atoms with Crippen LogP contribution in [0, 0.1) is 10.1 Å². The fourth-order valence-electron chi connectivity index (χ4n) is 1.71. The highest BCUT2D eigenvalue weighted by atomic mass is 79.9. The molecule has 21 heavy (non-hydrogen) atoms. The summed E-state index contributed by atoms with van der Waals surface area (Å²) in [6.07, 6.45) is 0. The molecule has 0 aromatic heterocycles. The van der Waals surface area contributed by atoms with E-state index in [9.17, 15) is 18.5 Å². The molecule has 0 heterocycles. The van der Waals surface area contributed by atoms with Gasteiger partial charge in [-0.25, -0.2) is 8.42 Å². The number of para-hydroxylation sites is 1. The Hall–Kier alpha value is -2.13. The van der Waals surface area contributed by atoms with Gasteiger partial charge >= 0.3 is 5.69 Å². The van der Waals surface area contributed by atoms with Crippen LogP contribution in [0.4, 0.5) is 17.1 Å². The lowest BCUT2D eigenvalue weighted by Gasteiger charge is -2.09. The molecular formula is C12H10BrN3O4S. The summed E-state index contributed by atoms with van der Waals surface area (Å²) in [5, 5.41) is 11.0. The first-order valence-electron chi connectivity index (χ1n) is 5.62. The summed E-state index contributed by atoms with van der Waals surface area (Å²) in [5.41, 5.74) is 4.92. The van der Waals surface area contributed by atoms with Gasteiger partial charge in [-0.2, -0.15) is 0 Å². The predicted molar refractivity (Wildman–Crippen MR) is 82.5 cm³/mol. The molecule has 0 spiro atoms. The van der Waals surface area contributed by atoms with Crippen LogP contribution in [0.15, 0.2) is 51.8 Å². The highest BCUT2D eigenvalue weighted by molar-refractivity contribution is 9.10. The number of nitrogen functional groups attached to an aromatic ring is 1. The lowest BCUT2D eigenvalue weighted by Crippen LogP contribution is -2.15. The van der Waals surface area contributed by atoms with Gasteiger partial charge < -0.3 is 5.73 Å². The first-order chi connectivity index (χ1) is 9.81. The Morgan fingerprint density at radius 2 is 1.86 bits per heavy atom. The summed E-state index contributed by atoms with van der Waals surface area (Å²) in [6, 6.07) is 10.2. The minimum atomic E-state index is -4.12. The summed E-state index contributed by atoms with van der Waals surface area (Å²) in [6.45, 7) is 0. The summed E-state index contributed by atoms with van der Waals surface area (Å²) >= 11 is 3.21. The molecule has 0 aliphatic heterocycles. The number of nitro groups is 1. The van der Waals surface area contributed by atoms with Crippen LogP contribution in [0.5, 0.6) is 0 Å². The Bertz CT molecular complexity index is 808. The molecule has 2 aromatic rings. The highest BCUT2D eigenvalue weighted by Crippen LogP contribution is 2.31. The van der Waals surface area contributed by atoms with Gasteiger partial charge in [0.25, 0.3) is 10.0 Å². The van der Waals surface area contributed by atoms with E-state index in [2.05, 4.69) is 20.7 Å². The molecule has 0 fully saturated rings. The molecule has 2 rings (SSSR count). The number of sulfonamides is 1. The van der Waals surface area contributed by atoms with E-state index in [1.807, 2.05) is 0 Å². The molecule has 0 saturated heterocycles. The highest BCUT2D eigenvalue weighted by Gasteiger charge is 2.28. The van der Waals surface area contributed by atoms with Crippen LogP contribution < -0.4 is 10.5 Å². The molecule has 0 radical (unpaired) electrons. The number of nitrogens with two attached hydrogens (primary N) is 1. The largest absolute Gasteiger partial charge is 0.393 e. The van der Waals surface area contributed by atoms with Gasteiger partial charge in [-0.1, -0.05) is 28.1 Å². The normalized spacial score (nSPS) is 11.1. The Morgan fingerprint density at radius 3 is 2.48 bits per heavy atom. The number of hydrogen-bond donors (Lipinski definition) is 2. The maximum Gasteiger partial charge on any atom is 0.312 e. The fourth-order valence-corrected chi connectivity index (χ4v) is 3.36. The lowest BCUT2D eigenvalue weighted by atomic mass is 10.3. The molecular weight excluding hydrogens is 362 g/mol. The first kappa shape index (κ1) is 15.3. The smallest absolute Gasteiger partial charge is 0.312 e. The zero-order chi connectivity index (χ0) is 15.6. The minimum absolute atomic E-state index is 0.211. The van der Waals surface area contributed by atoms with Gasteiger partial charge in [0.15, 0.2) is 4.90 Å². The van der Waals surface area contributed by atoms with Gasteiger partial charge in [0.1, 0.15) is 5.69 Å². The van der Waals surface area contributed by atoms with Crippen LogP contribution in [0.2, 0.25) is 0 Å². The Balaban J connectivity index is 2.50. The number of hydrogen-bond acceptors (Lipinski definition) is 5. The van der Waals surface area contributed by atoms with Gasteiger partial charge in [-0.15, -0.1) is 0 Å². The Labute approximate surface area is 129 Å². The summed E-state index contributed by atoms with van der Waals surface area (Å²) in [4.78, 5) is 9.73. The van der Waals surface area contributed by atoms with Gasteiger partial charge in [-0.3, -0.25) is 14.8 Å². The summed E-state index contributed by atoms with van der Waals surface area (Å²) in [5.74, 6) is 0. The number of nitrogens with one attached hydrogen (secondary N) is 1. The molecule has 7 nitrogen and oxygen atoms in total. The summed E-state index contributed by atoms with van der Waals surface area (Å²) < 4.78 is 27.6. The second-order valence-electron chi connectivity index (χ2n) is 4.07. The third-order valence-corrected chi connectivity index (χ3v) is 4.49. The molecule has 0 aliphatic rings. The first-order valence-corrected chi connectivity index (χ1v) is 7.90.